The summed E-state index contributed by atoms with van der Waals surface area (Å²) in [5, 5.41) is 2.61. The van der Waals surface area contributed by atoms with Crippen molar-refractivity contribution in [2.24, 2.45) is 5.41 Å². The molecular weight excluding hydrogens is 264 g/mol. The van der Waals surface area contributed by atoms with E-state index in [4.69, 9.17) is 17.0 Å². The molecule has 1 fully saturated rings. The van der Waals surface area contributed by atoms with Crippen molar-refractivity contribution in [2.75, 3.05) is 12.0 Å². The number of hydrogen-bond acceptors (Lipinski definition) is 4. The van der Waals surface area contributed by atoms with Crippen LogP contribution in [0.25, 0.3) is 0 Å². The number of anilines is 1. The van der Waals surface area contributed by atoms with Crippen molar-refractivity contribution in [1.29, 1.82) is 0 Å². The Morgan fingerprint density at radius 2 is 1.89 bits per heavy atom. The van der Waals surface area contributed by atoms with Crippen LogP contribution < -0.4 is 15.0 Å². The van der Waals surface area contributed by atoms with Gasteiger partial charge in [-0.3, -0.25) is 14.5 Å². The van der Waals surface area contributed by atoms with E-state index in [1.165, 1.54) is 12.0 Å². The van der Waals surface area contributed by atoms with Gasteiger partial charge in [0.15, 0.2) is 5.11 Å². The quantitative estimate of drug-likeness (QED) is 0.657. The van der Waals surface area contributed by atoms with E-state index in [2.05, 4.69) is 5.32 Å². The zero-order chi connectivity index (χ0) is 14.2. The lowest BCUT2D eigenvalue weighted by atomic mass is 9.88. The van der Waals surface area contributed by atoms with Crippen LogP contribution in [0, 0.1) is 5.41 Å². The van der Waals surface area contributed by atoms with Crippen LogP contribution in [-0.4, -0.2) is 24.0 Å². The number of carbonyl (C=O) groups excluding carboxylic acids is 2. The summed E-state index contributed by atoms with van der Waals surface area (Å²) in [6.07, 6.45) is 0. The molecule has 0 atom stereocenters. The van der Waals surface area contributed by atoms with Crippen molar-refractivity contribution < 1.29 is 14.3 Å². The van der Waals surface area contributed by atoms with Gasteiger partial charge in [0.1, 0.15) is 11.2 Å². The molecule has 1 heterocycles. The molecule has 1 aromatic carbocycles. The molecule has 1 aliphatic rings. The number of para-hydroxylation sites is 2. The molecule has 0 unspecified atom stereocenters. The van der Waals surface area contributed by atoms with E-state index in [1.54, 1.807) is 38.1 Å². The van der Waals surface area contributed by atoms with Crippen LogP contribution in [0.3, 0.4) is 0 Å². The first-order chi connectivity index (χ1) is 8.89. The van der Waals surface area contributed by atoms with Gasteiger partial charge in [-0.2, -0.15) is 0 Å². The van der Waals surface area contributed by atoms with Gasteiger partial charge >= 0.3 is 0 Å². The van der Waals surface area contributed by atoms with E-state index in [-0.39, 0.29) is 11.0 Å². The number of nitrogens with one attached hydrogen (secondary N) is 1. The maximum atomic E-state index is 12.5. The largest absolute Gasteiger partial charge is 0.495 e. The summed E-state index contributed by atoms with van der Waals surface area (Å²) in [4.78, 5) is 25.6. The number of ether oxygens (including phenoxy) is 1. The van der Waals surface area contributed by atoms with Crippen LogP contribution in [0.5, 0.6) is 5.75 Å². The number of amides is 2. The Labute approximate surface area is 116 Å². The maximum absolute atomic E-state index is 12.5. The summed E-state index contributed by atoms with van der Waals surface area (Å²) >= 11 is 5.09. The van der Waals surface area contributed by atoms with Gasteiger partial charge < -0.3 is 10.1 Å². The van der Waals surface area contributed by atoms with Crippen LogP contribution in [0.1, 0.15) is 13.8 Å². The van der Waals surface area contributed by atoms with Crippen molar-refractivity contribution in [3.05, 3.63) is 24.3 Å². The van der Waals surface area contributed by atoms with E-state index in [0.717, 1.165) is 0 Å². The van der Waals surface area contributed by atoms with Gasteiger partial charge in [-0.1, -0.05) is 12.1 Å². The van der Waals surface area contributed by atoms with E-state index in [0.29, 0.717) is 11.4 Å². The number of benzene rings is 1. The molecule has 0 radical (unpaired) electrons. The fraction of sp³-hybridized carbons (Fsp3) is 0.308. The Morgan fingerprint density at radius 1 is 1.26 bits per heavy atom. The molecule has 1 aromatic rings. The first-order valence-electron chi connectivity index (χ1n) is 5.72. The average Bonchev–Trinajstić information content (AvgIpc) is 2.37. The Morgan fingerprint density at radius 3 is 2.53 bits per heavy atom. The summed E-state index contributed by atoms with van der Waals surface area (Å²) in [7, 11) is 1.51. The highest BCUT2D eigenvalue weighted by molar-refractivity contribution is 7.80. The van der Waals surface area contributed by atoms with E-state index in [1.807, 2.05) is 0 Å². The second-order valence-electron chi connectivity index (χ2n) is 4.70. The Balaban J connectivity index is 2.52. The lowest BCUT2D eigenvalue weighted by molar-refractivity contribution is -0.139. The van der Waals surface area contributed by atoms with Crippen molar-refractivity contribution >= 4 is 34.8 Å². The molecule has 6 heteroatoms. The second kappa shape index (κ2) is 4.62. The molecule has 5 nitrogen and oxygen atoms in total. The van der Waals surface area contributed by atoms with Crippen molar-refractivity contribution in [1.82, 2.24) is 5.32 Å². The standard InChI is InChI=1S/C13H14N2O3S/c1-13(2)10(16)14-12(19)15(11(13)17)8-6-4-5-7-9(8)18-3/h4-7H,1-3H3,(H,14,16,19). The third-order valence-electron chi connectivity index (χ3n) is 3.06. The number of thiocarbonyl (C=S) groups is 1. The minimum absolute atomic E-state index is 0.0684. The smallest absolute Gasteiger partial charge is 0.248 e. The lowest BCUT2D eigenvalue weighted by Gasteiger charge is -2.36. The molecule has 2 rings (SSSR count). The van der Waals surface area contributed by atoms with Gasteiger partial charge in [0.2, 0.25) is 11.8 Å². The van der Waals surface area contributed by atoms with Crippen molar-refractivity contribution in [2.45, 2.75) is 13.8 Å². The van der Waals surface area contributed by atoms with Gasteiger partial charge in [-0.15, -0.1) is 0 Å². The third kappa shape index (κ3) is 2.08. The van der Waals surface area contributed by atoms with Crippen molar-refractivity contribution in [3.8, 4) is 5.75 Å². The average molecular weight is 278 g/mol. The monoisotopic (exact) mass is 278 g/mol. The summed E-state index contributed by atoms with van der Waals surface area (Å²) in [6.45, 7) is 3.13. The van der Waals surface area contributed by atoms with Crippen LogP contribution in [0.15, 0.2) is 24.3 Å². The molecule has 19 heavy (non-hydrogen) atoms. The number of rotatable bonds is 2. The molecule has 1 saturated heterocycles. The number of nitrogens with zero attached hydrogens (tertiary/aromatic N) is 1. The highest BCUT2D eigenvalue weighted by Crippen LogP contribution is 2.33. The van der Waals surface area contributed by atoms with Gasteiger partial charge in [0, 0.05) is 0 Å². The third-order valence-corrected chi connectivity index (χ3v) is 3.34. The first kappa shape index (κ1) is 13.5. The Hall–Kier alpha value is -1.95. The highest BCUT2D eigenvalue weighted by Gasteiger charge is 2.46. The number of carbonyl (C=O) groups is 2. The molecule has 1 N–H and O–H groups in total. The van der Waals surface area contributed by atoms with Crippen LogP contribution in [-0.2, 0) is 9.59 Å². The molecule has 0 spiro atoms. The molecule has 1 aliphatic heterocycles. The fourth-order valence-electron chi connectivity index (χ4n) is 1.81. The SMILES string of the molecule is COc1ccccc1N1C(=O)C(C)(C)C(=O)NC1=S. The zero-order valence-electron chi connectivity index (χ0n) is 10.9. The predicted molar refractivity (Wildman–Crippen MR) is 75.0 cm³/mol. The number of hydrogen-bond donors (Lipinski definition) is 1. The molecule has 100 valence electrons. The normalized spacial score (nSPS) is 18.3. The van der Waals surface area contributed by atoms with Gasteiger partial charge in [0.25, 0.3) is 0 Å². The van der Waals surface area contributed by atoms with Gasteiger partial charge in [-0.05, 0) is 38.2 Å². The highest BCUT2D eigenvalue weighted by atomic mass is 32.1. The fourth-order valence-corrected chi connectivity index (χ4v) is 2.09. The molecule has 0 bridgehead atoms. The first-order valence-corrected chi connectivity index (χ1v) is 6.13. The maximum Gasteiger partial charge on any atom is 0.248 e. The van der Waals surface area contributed by atoms with Gasteiger partial charge in [-0.25, -0.2) is 0 Å². The molecule has 0 aromatic heterocycles. The van der Waals surface area contributed by atoms with Crippen LogP contribution >= 0.6 is 12.2 Å². The molecule has 2 amide bonds. The minimum Gasteiger partial charge on any atom is -0.495 e. The zero-order valence-corrected chi connectivity index (χ0v) is 11.7. The van der Waals surface area contributed by atoms with Crippen molar-refractivity contribution in [3.63, 3.8) is 0 Å². The van der Waals surface area contributed by atoms with E-state index in [9.17, 15) is 9.59 Å². The second-order valence-corrected chi connectivity index (χ2v) is 5.08. The van der Waals surface area contributed by atoms with E-state index >= 15 is 0 Å². The molecule has 0 saturated carbocycles. The summed E-state index contributed by atoms with van der Waals surface area (Å²) in [5.74, 6) is -0.246. The minimum atomic E-state index is -1.16. The lowest BCUT2D eigenvalue weighted by Crippen LogP contribution is -2.62. The summed E-state index contributed by atoms with van der Waals surface area (Å²) in [6, 6.07) is 7.02. The van der Waals surface area contributed by atoms with Crippen LogP contribution in [0.4, 0.5) is 5.69 Å². The Bertz CT molecular complexity index is 569. The van der Waals surface area contributed by atoms with Gasteiger partial charge in [0.05, 0.1) is 12.8 Å². The number of methoxy groups -OCH3 is 1. The topological polar surface area (TPSA) is 58.6 Å². The van der Waals surface area contributed by atoms with E-state index < -0.39 is 11.3 Å². The Kier molecular flexibility index (Phi) is 3.28. The summed E-state index contributed by atoms with van der Waals surface area (Å²) in [5.41, 5.74) is -0.642. The molecule has 0 aliphatic carbocycles. The van der Waals surface area contributed by atoms with Crippen LogP contribution in [0.2, 0.25) is 0 Å². The molecular formula is C13H14N2O3S. The summed E-state index contributed by atoms with van der Waals surface area (Å²) < 4.78 is 5.22. The predicted octanol–water partition coefficient (Wildman–Crippen LogP) is 1.47.